The van der Waals surface area contributed by atoms with Crippen LogP contribution in [0.25, 0.3) is 0 Å². The summed E-state index contributed by atoms with van der Waals surface area (Å²) < 4.78 is 26.5. The summed E-state index contributed by atoms with van der Waals surface area (Å²) in [5.41, 5.74) is -0.0319. The third-order valence-electron chi connectivity index (χ3n) is 3.66. The SMILES string of the molecule is O=C(O)c1noc(C2CC2)c1C(=O)c1ccc(CS(=O)[O-])cc1Cl. The van der Waals surface area contributed by atoms with Crippen molar-refractivity contribution in [1.82, 2.24) is 5.16 Å². The van der Waals surface area contributed by atoms with E-state index in [9.17, 15) is 23.5 Å². The molecule has 1 atom stereocenters. The van der Waals surface area contributed by atoms with Crippen LogP contribution in [-0.4, -0.2) is 30.8 Å². The van der Waals surface area contributed by atoms with Crippen molar-refractivity contribution in [3.63, 3.8) is 0 Å². The van der Waals surface area contributed by atoms with Crippen LogP contribution in [-0.2, 0) is 16.8 Å². The van der Waals surface area contributed by atoms with Gasteiger partial charge in [-0.1, -0.05) is 33.9 Å². The second-order valence-electron chi connectivity index (χ2n) is 5.44. The number of carboxylic acid groups (broad SMARTS) is 1. The third kappa shape index (κ3) is 3.26. The Hall–Kier alpha value is -2.03. The van der Waals surface area contributed by atoms with Gasteiger partial charge in [-0.05, 0) is 30.5 Å². The molecule has 1 saturated carbocycles. The lowest BCUT2D eigenvalue weighted by Crippen LogP contribution is -2.11. The number of nitrogens with zero attached hydrogens (tertiary/aromatic N) is 1. The molecule has 0 saturated heterocycles. The highest BCUT2D eigenvalue weighted by Crippen LogP contribution is 2.43. The van der Waals surface area contributed by atoms with Gasteiger partial charge in [-0.15, -0.1) is 0 Å². The lowest BCUT2D eigenvalue weighted by molar-refractivity contribution is 0.0682. The van der Waals surface area contributed by atoms with E-state index in [4.69, 9.17) is 16.1 Å². The Morgan fingerprint density at radius 1 is 1.42 bits per heavy atom. The van der Waals surface area contributed by atoms with Crippen molar-refractivity contribution in [2.75, 3.05) is 0 Å². The number of aromatic carboxylic acids is 1. The summed E-state index contributed by atoms with van der Waals surface area (Å²) in [6.45, 7) is 0. The highest BCUT2D eigenvalue weighted by Gasteiger charge is 2.37. The van der Waals surface area contributed by atoms with Gasteiger partial charge in [0.25, 0.3) is 0 Å². The van der Waals surface area contributed by atoms with Crippen LogP contribution >= 0.6 is 11.6 Å². The minimum atomic E-state index is -2.28. The highest BCUT2D eigenvalue weighted by molar-refractivity contribution is 7.78. The third-order valence-corrected chi connectivity index (χ3v) is 4.54. The van der Waals surface area contributed by atoms with Crippen molar-refractivity contribution in [2.24, 2.45) is 0 Å². The minimum Gasteiger partial charge on any atom is -0.772 e. The molecule has 1 aromatic carbocycles. The molecule has 1 unspecified atom stereocenters. The molecule has 1 heterocycles. The maximum atomic E-state index is 12.8. The molecule has 1 aliphatic rings. The maximum absolute atomic E-state index is 12.8. The summed E-state index contributed by atoms with van der Waals surface area (Å²) in [4.78, 5) is 24.1. The Labute approximate surface area is 143 Å². The average molecular weight is 369 g/mol. The lowest BCUT2D eigenvalue weighted by atomic mass is 9.98. The van der Waals surface area contributed by atoms with Gasteiger partial charge >= 0.3 is 5.97 Å². The van der Waals surface area contributed by atoms with Crippen LogP contribution in [0.15, 0.2) is 22.7 Å². The summed E-state index contributed by atoms with van der Waals surface area (Å²) >= 11 is 3.80. The predicted molar refractivity (Wildman–Crippen MR) is 82.9 cm³/mol. The number of hydrogen-bond donors (Lipinski definition) is 1. The van der Waals surface area contributed by atoms with Gasteiger partial charge in [0.15, 0.2) is 5.76 Å². The van der Waals surface area contributed by atoms with E-state index < -0.39 is 28.5 Å². The normalized spacial score (nSPS) is 15.2. The Morgan fingerprint density at radius 3 is 2.67 bits per heavy atom. The van der Waals surface area contributed by atoms with Gasteiger partial charge in [0.05, 0.1) is 5.02 Å². The van der Waals surface area contributed by atoms with Gasteiger partial charge in [-0.2, -0.15) is 0 Å². The van der Waals surface area contributed by atoms with Crippen LogP contribution < -0.4 is 0 Å². The summed E-state index contributed by atoms with van der Waals surface area (Å²) in [7, 11) is 0. The Balaban J connectivity index is 2.02. The van der Waals surface area contributed by atoms with Crippen LogP contribution in [0.2, 0.25) is 5.02 Å². The first-order valence-corrected chi connectivity index (χ1v) is 8.62. The van der Waals surface area contributed by atoms with Crippen LogP contribution in [0.4, 0.5) is 0 Å². The molecule has 3 rings (SSSR count). The summed E-state index contributed by atoms with van der Waals surface area (Å²) in [5.74, 6) is -1.93. The van der Waals surface area contributed by atoms with Crippen molar-refractivity contribution in [3.05, 3.63) is 51.4 Å². The topological polar surface area (TPSA) is 121 Å². The second-order valence-corrected chi connectivity index (χ2v) is 6.74. The first kappa shape index (κ1) is 16.8. The zero-order valence-electron chi connectivity index (χ0n) is 12.2. The van der Waals surface area contributed by atoms with Gasteiger partial charge in [0.1, 0.15) is 5.56 Å². The van der Waals surface area contributed by atoms with E-state index in [2.05, 4.69) is 5.16 Å². The van der Waals surface area contributed by atoms with Crippen LogP contribution in [0.5, 0.6) is 0 Å². The molecule has 0 radical (unpaired) electrons. The number of aromatic nitrogens is 1. The fraction of sp³-hybridized carbons (Fsp3) is 0.267. The molecule has 1 aliphatic carbocycles. The van der Waals surface area contributed by atoms with E-state index >= 15 is 0 Å². The van der Waals surface area contributed by atoms with Crippen molar-refractivity contribution in [3.8, 4) is 0 Å². The van der Waals surface area contributed by atoms with Crippen LogP contribution in [0.3, 0.4) is 0 Å². The van der Waals surface area contributed by atoms with Crippen molar-refractivity contribution >= 4 is 34.4 Å². The number of hydrogen-bond acceptors (Lipinski definition) is 6. The quantitative estimate of drug-likeness (QED) is 0.614. The highest BCUT2D eigenvalue weighted by atomic mass is 35.5. The van der Waals surface area contributed by atoms with E-state index in [1.807, 2.05) is 0 Å². The van der Waals surface area contributed by atoms with Gasteiger partial charge in [0.2, 0.25) is 11.5 Å². The fourth-order valence-electron chi connectivity index (χ4n) is 2.40. The molecule has 0 aliphatic heterocycles. The smallest absolute Gasteiger partial charge is 0.358 e. The maximum Gasteiger partial charge on any atom is 0.358 e. The number of halogens is 1. The molecular formula is C15H11ClNO6S-. The first-order chi connectivity index (χ1) is 11.4. The molecular weight excluding hydrogens is 358 g/mol. The lowest BCUT2D eigenvalue weighted by Gasteiger charge is -2.08. The van der Waals surface area contributed by atoms with E-state index in [0.29, 0.717) is 5.56 Å². The fourth-order valence-corrected chi connectivity index (χ4v) is 3.14. The van der Waals surface area contributed by atoms with E-state index in [1.54, 1.807) is 0 Å². The zero-order valence-corrected chi connectivity index (χ0v) is 13.7. The number of benzene rings is 1. The van der Waals surface area contributed by atoms with Gasteiger partial charge < -0.3 is 14.2 Å². The van der Waals surface area contributed by atoms with Gasteiger partial charge in [0, 0.05) is 17.2 Å². The summed E-state index contributed by atoms with van der Waals surface area (Å²) in [5, 5.41) is 12.7. The Bertz CT molecular complexity index is 858. The largest absolute Gasteiger partial charge is 0.772 e. The summed E-state index contributed by atoms with van der Waals surface area (Å²) in [6.07, 6.45) is 1.60. The van der Waals surface area contributed by atoms with E-state index in [-0.39, 0.29) is 33.6 Å². The molecule has 1 N–H and O–H groups in total. The van der Waals surface area contributed by atoms with Crippen LogP contribution in [0.1, 0.15) is 56.5 Å². The number of carboxylic acids is 1. The van der Waals surface area contributed by atoms with Crippen molar-refractivity contribution < 1.29 is 28.0 Å². The number of carbonyl (C=O) groups is 2. The van der Waals surface area contributed by atoms with Gasteiger partial charge in [-0.25, -0.2) is 4.79 Å². The molecule has 7 nitrogen and oxygen atoms in total. The predicted octanol–water partition coefficient (Wildman–Crippen LogP) is 2.51. The molecule has 1 aromatic heterocycles. The number of carbonyl (C=O) groups excluding carboxylic acids is 1. The second kappa shape index (κ2) is 6.46. The molecule has 2 aromatic rings. The molecule has 9 heteroatoms. The molecule has 24 heavy (non-hydrogen) atoms. The Kier molecular flexibility index (Phi) is 4.53. The number of ketones is 1. The minimum absolute atomic E-state index is 0.00881. The van der Waals surface area contributed by atoms with Crippen molar-refractivity contribution in [2.45, 2.75) is 24.5 Å². The zero-order chi connectivity index (χ0) is 17.4. The van der Waals surface area contributed by atoms with E-state index in [1.165, 1.54) is 18.2 Å². The molecule has 126 valence electrons. The first-order valence-electron chi connectivity index (χ1n) is 7.00. The summed E-state index contributed by atoms with van der Waals surface area (Å²) in [6, 6.07) is 4.21. The molecule has 1 fully saturated rings. The standard InChI is InChI=1S/C15H12ClNO6S/c16-10-5-7(6-24(21)22)1-4-9(10)13(18)11-12(15(19)20)17-23-14(11)8-2-3-8/h1,4-5,8H,2-3,6H2,(H,19,20)(H,21,22)/p-1. The molecule has 0 bridgehead atoms. The monoisotopic (exact) mass is 368 g/mol. The van der Waals surface area contributed by atoms with E-state index in [0.717, 1.165) is 12.8 Å². The number of rotatable bonds is 6. The van der Waals surface area contributed by atoms with Crippen molar-refractivity contribution in [1.29, 1.82) is 0 Å². The van der Waals surface area contributed by atoms with Gasteiger partial charge in [-0.3, -0.25) is 9.00 Å². The Morgan fingerprint density at radius 2 is 2.12 bits per heavy atom. The average Bonchev–Trinajstić information content (AvgIpc) is 3.24. The van der Waals surface area contributed by atoms with Crippen LogP contribution in [0, 0.1) is 0 Å². The molecule has 0 amide bonds. The molecule has 0 spiro atoms.